The number of fused-ring (bicyclic) bond motifs is 7. The summed E-state index contributed by atoms with van der Waals surface area (Å²) in [5.74, 6) is -1.10. The zero-order chi connectivity index (χ0) is 53.7. The van der Waals surface area contributed by atoms with Gasteiger partial charge in [0.15, 0.2) is 36.7 Å². The number of allylic oxidation sites excluding steroid dienone is 1. The Balaban J connectivity index is 0.824. The molecule has 0 bridgehead atoms. The molecular formula is C51H82O23. The van der Waals surface area contributed by atoms with Crippen LogP contribution in [0.2, 0.25) is 0 Å². The maximum Gasteiger partial charge on any atom is 0.187 e. The van der Waals surface area contributed by atoms with E-state index in [0.717, 1.165) is 31.3 Å². The molecule has 424 valence electrons. The van der Waals surface area contributed by atoms with Crippen LogP contribution in [0.1, 0.15) is 92.9 Å². The molecule has 13 N–H and O–H groups in total. The van der Waals surface area contributed by atoms with Gasteiger partial charge in [0, 0.05) is 25.2 Å². The molecule has 23 heteroatoms. The van der Waals surface area contributed by atoms with Gasteiger partial charge in [-0.25, -0.2) is 0 Å². The molecule has 0 radical (unpaired) electrons. The van der Waals surface area contributed by atoms with Crippen molar-refractivity contribution in [1.29, 1.82) is 0 Å². The predicted octanol–water partition coefficient (Wildman–Crippen LogP) is -2.80. The molecule has 0 aromatic heterocycles. The average Bonchev–Trinajstić information content (AvgIpc) is 3.80. The fourth-order valence-corrected chi connectivity index (χ4v) is 14.8. The first-order valence-electron chi connectivity index (χ1n) is 26.7. The van der Waals surface area contributed by atoms with Gasteiger partial charge in [-0.15, -0.1) is 0 Å². The minimum atomic E-state index is -1.86. The van der Waals surface area contributed by atoms with Crippen LogP contribution in [-0.4, -0.2) is 233 Å². The van der Waals surface area contributed by atoms with Crippen molar-refractivity contribution in [2.45, 2.75) is 234 Å². The molecule has 9 aliphatic rings. The first-order valence-corrected chi connectivity index (χ1v) is 26.7. The summed E-state index contributed by atoms with van der Waals surface area (Å²) in [5, 5.41) is 138. The zero-order valence-corrected chi connectivity index (χ0v) is 42.9. The van der Waals surface area contributed by atoms with Gasteiger partial charge in [0.05, 0.1) is 38.1 Å². The SMILES string of the molecule is C[C@@H](CC[C@@]1(O)O[C@H]2C[C@H]3[C@@H]4CC=C5C[C@H](O[C@@H]6O[C@H](CO)[C@@H](O)[C@H](O)[C@H]6O[C@@H]6O[C@H](C)[C@@H](O[C@@H]7O[C@H](C)[C@@H](O)[C@H](O)[C@H]7O)[C@H](O)[C@H]6O)C(=O)C[C@]5(C)[C@H]4CC[C@]3(C)[C@H]2[C@@H]1C)CO[C@@H]1O[C@H](CO)[C@@H](O)[C@H](O)[C@H]1O. The van der Waals surface area contributed by atoms with E-state index in [2.05, 4.69) is 26.8 Å². The minimum absolute atomic E-state index is 0.0895. The van der Waals surface area contributed by atoms with E-state index >= 15 is 0 Å². The van der Waals surface area contributed by atoms with Gasteiger partial charge < -0.3 is 109 Å². The molecule has 74 heavy (non-hydrogen) atoms. The number of Topliss-reactive ketones (excluding diaryl/α,β-unsaturated/α-hetero) is 1. The number of ketones is 1. The molecular weight excluding hydrogens is 981 g/mol. The first kappa shape index (κ1) is 57.2. The Morgan fingerprint density at radius 2 is 1.27 bits per heavy atom. The second kappa shape index (κ2) is 21.9. The fourth-order valence-electron chi connectivity index (χ4n) is 14.8. The third-order valence-electron chi connectivity index (χ3n) is 19.3. The lowest BCUT2D eigenvalue weighted by Gasteiger charge is -2.58. The Bertz CT molecular complexity index is 1980. The van der Waals surface area contributed by atoms with E-state index in [1.54, 1.807) is 0 Å². The highest BCUT2D eigenvalue weighted by Crippen LogP contribution is 2.70. The third-order valence-corrected chi connectivity index (χ3v) is 19.3. The Morgan fingerprint density at radius 1 is 0.689 bits per heavy atom. The smallest absolute Gasteiger partial charge is 0.187 e. The number of carbonyl (C=O) groups is 1. The largest absolute Gasteiger partial charge is 0.394 e. The van der Waals surface area contributed by atoms with E-state index < -0.39 is 153 Å². The summed E-state index contributed by atoms with van der Waals surface area (Å²) in [6.45, 7) is 10.3. The van der Waals surface area contributed by atoms with Gasteiger partial charge in [0.25, 0.3) is 0 Å². The highest BCUT2D eigenvalue weighted by atomic mass is 16.8. The molecule has 0 unspecified atom stereocenters. The first-order chi connectivity index (χ1) is 34.9. The third kappa shape index (κ3) is 10.0. The zero-order valence-electron chi connectivity index (χ0n) is 42.9. The van der Waals surface area contributed by atoms with Crippen LogP contribution in [-0.2, 0) is 47.4 Å². The number of rotatable bonds is 14. The van der Waals surface area contributed by atoms with Gasteiger partial charge in [-0.2, -0.15) is 0 Å². The van der Waals surface area contributed by atoms with Crippen LogP contribution in [0.5, 0.6) is 0 Å². The van der Waals surface area contributed by atoms with Crippen LogP contribution in [0.15, 0.2) is 11.6 Å². The second-order valence-electron chi connectivity index (χ2n) is 23.8. The van der Waals surface area contributed by atoms with Crippen molar-refractivity contribution in [3.63, 3.8) is 0 Å². The van der Waals surface area contributed by atoms with Crippen molar-refractivity contribution in [1.82, 2.24) is 0 Å². The number of hydrogen-bond donors (Lipinski definition) is 13. The Morgan fingerprint density at radius 3 is 1.95 bits per heavy atom. The van der Waals surface area contributed by atoms with Gasteiger partial charge in [-0.05, 0) is 86.4 Å². The summed E-state index contributed by atoms with van der Waals surface area (Å²) in [7, 11) is 0. The lowest BCUT2D eigenvalue weighted by Crippen LogP contribution is -2.66. The number of aliphatic hydroxyl groups excluding tert-OH is 12. The lowest BCUT2D eigenvalue weighted by molar-refractivity contribution is -0.382. The van der Waals surface area contributed by atoms with Crippen molar-refractivity contribution in [3.05, 3.63) is 11.6 Å². The molecule has 9 rings (SSSR count). The van der Waals surface area contributed by atoms with E-state index in [4.69, 9.17) is 42.6 Å². The van der Waals surface area contributed by atoms with Crippen LogP contribution in [0, 0.1) is 46.3 Å². The van der Waals surface area contributed by atoms with Crippen LogP contribution in [0.25, 0.3) is 0 Å². The van der Waals surface area contributed by atoms with Crippen molar-refractivity contribution in [2.75, 3.05) is 19.8 Å². The monoisotopic (exact) mass is 1060 g/mol. The maximum atomic E-state index is 14.4. The lowest BCUT2D eigenvalue weighted by atomic mass is 9.46. The molecule has 8 fully saturated rings. The van der Waals surface area contributed by atoms with E-state index in [1.165, 1.54) is 13.8 Å². The molecule has 5 saturated heterocycles. The number of aliphatic hydroxyl groups is 13. The van der Waals surface area contributed by atoms with Crippen molar-refractivity contribution in [3.8, 4) is 0 Å². The molecule has 31 atom stereocenters. The van der Waals surface area contributed by atoms with Crippen LogP contribution in [0.3, 0.4) is 0 Å². The van der Waals surface area contributed by atoms with Crippen molar-refractivity contribution < 1.29 is 114 Å². The molecule has 23 nitrogen and oxygen atoms in total. The number of ether oxygens (including phenoxy) is 9. The molecule has 5 aliphatic heterocycles. The number of carbonyl (C=O) groups excluding carboxylic acids is 1. The summed E-state index contributed by atoms with van der Waals surface area (Å²) in [4.78, 5) is 14.4. The molecule has 0 aromatic carbocycles. The normalized spacial score (nSPS) is 54.9. The van der Waals surface area contributed by atoms with E-state index in [1.807, 2.05) is 6.92 Å². The van der Waals surface area contributed by atoms with Crippen LogP contribution >= 0.6 is 0 Å². The molecule has 4 aliphatic carbocycles. The highest BCUT2D eigenvalue weighted by Gasteiger charge is 2.68. The topological polar surface area (TPSA) is 363 Å². The Hall–Kier alpha value is -1.47. The molecule has 0 aromatic rings. The summed E-state index contributed by atoms with van der Waals surface area (Å²) in [5.41, 5.74) is 0.420. The number of hydrogen-bond acceptors (Lipinski definition) is 23. The van der Waals surface area contributed by atoms with Crippen molar-refractivity contribution in [2.24, 2.45) is 46.3 Å². The minimum Gasteiger partial charge on any atom is -0.394 e. The van der Waals surface area contributed by atoms with Crippen molar-refractivity contribution >= 4 is 5.78 Å². The van der Waals surface area contributed by atoms with E-state index in [9.17, 15) is 71.2 Å². The van der Waals surface area contributed by atoms with Gasteiger partial charge in [-0.3, -0.25) is 4.79 Å². The summed E-state index contributed by atoms with van der Waals surface area (Å²) in [6.07, 6.45) is -24.3. The van der Waals surface area contributed by atoms with Crippen LogP contribution in [0.4, 0.5) is 0 Å². The molecule has 3 saturated carbocycles. The summed E-state index contributed by atoms with van der Waals surface area (Å²) in [6, 6.07) is 0. The molecule has 0 amide bonds. The standard InChI is InChI=1S/C51H82O23/c1-19(18-66-45-40(62)37(59)34(56)30(16-52)70-45)9-12-51(65)20(2)32-29(74-51)14-26-24-8-7-23-13-28(27(54)15-50(23,6)25(24)10-11-49(26,32)5)69-48-44(38(60)35(57)31(17-53)71-48)73-47-42(64)39(61)43(22(4)68-47)72-46-41(63)36(58)33(55)21(3)67-46/h7,19-22,24-26,28-48,52-53,55-65H,8-18H2,1-6H3/t19-,20-,21+,22+,24+,25-,26-,28-,29-,30+,31+,32-,33+,34+,35+,36-,37-,38-,39+,40+,41+,42+,43+,44+,45+,46-,47-,48+,49-,50-,51+/m0/s1. The predicted molar refractivity (Wildman–Crippen MR) is 249 cm³/mol. The Kier molecular flexibility index (Phi) is 16.9. The van der Waals surface area contributed by atoms with E-state index in [-0.39, 0.29) is 72.3 Å². The molecule has 5 heterocycles. The average molecular weight is 1060 g/mol. The van der Waals surface area contributed by atoms with Gasteiger partial charge in [0.2, 0.25) is 0 Å². The second-order valence-corrected chi connectivity index (χ2v) is 23.8. The summed E-state index contributed by atoms with van der Waals surface area (Å²) < 4.78 is 53.5. The van der Waals surface area contributed by atoms with E-state index in [0.29, 0.717) is 12.8 Å². The van der Waals surface area contributed by atoms with Gasteiger partial charge in [0.1, 0.15) is 91.6 Å². The maximum absolute atomic E-state index is 14.4. The summed E-state index contributed by atoms with van der Waals surface area (Å²) >= 11 is 0. The molecule has 0 spiro atoms. The quantitative estimate of drug-likeness (QED) is 0.0782. The van der Waals surface area contributed by atoms with Crippen LogP contribution < -0.4 is 0 Å². The Labute approximate surface area is 430 Å². The highest BCUT2D eigenvalue weighted by molar-refractivity contribution is 5.86. The van der Waals surface area contributed by atoms with Gasteiger partial charge in [-0.1, -0.05) is 39.3 Å². The van der Waals surface area contributed by atoms with Gasteiger partial charge >= 0.3 is 0 Å². The fraction of sp³-hybridized carbons (Fsp3) is 0.941.